The largest absolute Gasteiger partial charge is 0.472 e. The molecule has 4 heterocycles. The zero-order chi connectivity index (χ0) is 14.9. The van der Waals surface area contributed by atoms with Crippen LogP contribution in [0.4, 0.5) is 0 Å². The van der Waals surface area contributed by atoms with Crippen LogP contribution in [0.2, 0.25) is 0 Å². The predicted octanol–water partition coefficient (Wildman–Crippen LogP) is 2.05. The Kier molecular flexibility index (Phi) is 3.42. The zero-order valence-corrected chi connectivity index (χ0v) is 12.4. The number of rotatable bonds is 4. The molecule has 0 aromatic carbocycles. The molecule has 2 aliphatic rings. The molecule has 1 amide bonds. The van der Waals surface area contributed by atoms with Crippen LogP contribution in [0.3, 0.4) is 0 Å². The van der Waals surface area contributed by atoms with E-state index in [4.69, 9.17) is 4.42 Å². The number of likely N-dealkylation sites (tertiary alicyclic amines) is 2. The summed E-state index contributed by atoms with van der Waals surface area (Å²) in [6.45, 7) is 2.58. The van der Waals surface area contributed by atoms with Gasteiger partial charge in [-0.2, -0.15) is 0 Å². The van der Waals surface area contributed by atoms with E-state index in [9.17, 15) is 4.79 Å². The molecule has 2 aliphatic heterocycles. The molecule has 0 aliphatic carbocycles. The third kappa shape index (κ3) is 2.41. The number of fused-ring (bicyclic) bond motifs is 1. The van der Waals surface area contributed by atoms with Crippen LogP contribution < -0.4 is 0 Å². The van der Waals surface area contributed by atoms with Crippen LogP contribution in [0.5, 0.6) is 0 Å². The van der Waals surface area contributed by atoms with Gasteiger partial charge in [0.15, 0.2) is 0 Å². The SMILES string of the molecule is O=C1C[C@@H]2[C@H](CCN2Cc2ccoc2)N1Cc1cccnc1. The normalized spacial score (nSPS) is 24.9. The van der Waals surface area contributed by atoms with Crippen molar-refractivity contribution in [2.45, 2.75) is 38.0 Å². The topological polar surface area (TPSA) is 49.6 Å². The number of hydrogen-bond donors (Lipinski definition) is 0. The monoisotopic (exact) mass is 297 g/mol. The summed E-state index contributed by atoms with van der Waals surface area (Å²) in [7, 11) is 0. The molecule has 5 nitrogen and oxygen atoms in total. The number of amides is 1. The Morgan fingerprint density at radius 2 is 2.18 bits per heavy atom. The van der Waals surface area contributed by atoms with Crippen LogP contribution in [0.25, 0.3) is 0 Å². The maximum atomic E-state index is 12.4. The first-order chi connectivity index (χ1) is 10.8. The van der Waals surface area contributed by atoms with E-state index >= 15 is 0 Å². The summed E-state index contributed by atoms with van der Waals surface area (Å²) in [5, 5.41) is 0. The van der Waals surface area contributed by atoms with Gasteiger partial charge >= 0.3 is 0 Å². The van der Waals surface area contributed by atoms with Crippen molar-refractivity contribution in [2.75, 3.05) is 6.54 Å². The van der Waals surface area contributed by atoms with E-state index in [0.717, 1.165) is 25.1 Å². The average molecular weight is 297 g/mol. The third-order valence-electron chi connectivity index (χ3n) is 4.77. The first-order valence-corrected chi connectivity index (χ1v) is 7.75. The van der Waals surface area contributed by atoms with Crippen molar-refractivity contribution in [3.63, 3.8) is 0 Å². The first kappa shape index (κ1) is 13.5. The van der Waals surface area contributed by atoms with Gasteiger partial charge in [-0.1, -0.05) is 6.07 Å². The average Bonchev–Trinajstić information content (AvgIpc) is 3.23. The lowest BCUT2D eigenvalue weighted by atomic mass is 10.1. The van der Waals surface area contributed by atoms with Crippen LogP contribution in [0.15, 0.2) is 47.5 Å². The smallest absolute Gasteiger partial charge is 0.224 e. The highest BCUT2D eigenvalue weighted by Gasteiger charge is 2.46. The van der Waals surface area contributed by atoms with Crippen LogP contribution in [-0.4, -0.2) is 39.3 Å². The lowest BCUT2D eigenvalue weighted by Gasteiger charge is -2.25. The number of carbonyl (C=O) groups is 1. The summed E-state index contributed by atoms with van der Waals surface area (Å²) in [6, 6.07) is 6.62. The van der Waals surface area contributed by atoms with Crippen LogP contribution in [-0.2, 0) is 17.9 Å². The molecule has 2 aromatic heterocycles. The summed E-state index contributed by atoms with van der Waals surface area (Å²) in [5.74, 6) is 0.260. The van der Waals surface area contributed by atoms with Crippen LogP contribution >= 0.6 is 0 Å². The van der Waals surface area contributed by atoms with Gasteiger partial charge in [0.25, 0.3) is 0 Å². The highest BCUT2D eigenvalue weighted by atomic mass is 16.3. The van der Waals surface area contributed by atoms with E-state index in [0.29, 0.717) is 25.0 Å². The molecule has 0 spiro atoms. The van der Waals surface area contributed by atoms with Crippen molar-refractivity contribution in [1.82, 2.24) is 14.8 Å². The van der Waals surface area contributed by atoms with Gasteiger partial charge < -0.3 is 9.32 Å². The predicted molar refractivity (Wildman–Crippen MR) is 80.7 cm³/mol. The van der Waals surface area contributed by atoms with Gasteiger partial charge in [-0.25, -0.2) is 0 Å². The molecule has 0 saturated carbocycles. The Labute approximate surface area is 129 Å². The van der Waals surface area contributed by atoms with Gasteiger partial charge in [-0.05, 0) is 24.1 Å². The minimum absolute atomic E-state index is 0.260. The Morgan fingerprint density at radius 1 is 1.23 bits per heavy atom. The molecule has 22 heavy (non-hydrogen) atoms. The van der Waals surface area contributed by atoms with Gasteiger partial charge in [0.2, 0.25) is 5.91 Å². The van der Waals surface area contributed by atoms with E-state index in [1.807, 2.05) is 29.3 Å². The molecular formula is C17H19N3O2. The van der Waals surface area contributed by atoms with E-state index in [1.54, 1.807) is 18.7 Å². The molecule has 2 saturated heterocycles. The molecule has 2 atom stereocenters. The minimum Gasteiger partial charge on any atom is -0.472 e. The summed E-state index contributed by atoms with van der Waals surface area (Å²) >= 11 is 0. The van der Waals surface area contributed by atoms with Gasteiger partial charge in [0.1, 0.15) is 0 Å². The molecule has 114 valence electrons. The highest BCUT2D eigenvalue weighted by molar-refractivity contribution is 5.80. The number of aromatic nitrogens is 1. The highest BCUT2D eigenvalue weighted by Crippen LogP contribution is 2.34. The van der Waals surface area contributed by atoms with E-state index in [-0.39, 0.29) is 5.91 Å². The fraction of sp³-hybridized carbons (Fsp3) is 0.412. The maximum Gasteiger partial charge on any atom is 0.224 e. The molecule has 2 aromatic rings. The van der Waals surface area contributed by atoms with Crippen molar-refractivity contribution in [2.24, 2.45) is 0 Å². The Morgan fingerprint density at radius 3 is 2.95 bits per heavy atom. The fourth-order valence-corrected chi connectivity index (χ4v) is 3.72. The molecular weight excluding hydrogens is 278 g/mol. The molecule has 2 fully saturated rings. The third-order valence-corrected chi connectivity index (χ3v) is 4.77. The lowest BCUT2D eigenvalue weighted by Crippen LogP contribution is -2.36. The first-order valence-electron chi connectivity index (χ1n) is 7.75. The molecule has 0 bridgehead atoms. The standard InChI is InChI=1S/C17H19N3O2/c21-17-8-16-15(20(17)11-13-2-1-5-18-9-13)3-6-19(16)10-14-4-7-22-12-14/h1-2,4-5,7,9,12,15-16H,3,6,8,10-11H2/t15-,16+/m0/s1. The minimum atomic E-state index is 0.260. The van der Waals surface area contributed by atoms with Crippen molar-refractivity contribution < 1.29 is 9.21 Å². The van der Waals surface area contributed by atoms with E-state index in [1.165, 1.54) is 5.56 Å². The Bertz CT molecular complexity index is 641. The van der Waals surface area contributed by atoms with Crippen molar-refractivity contribution in [1.29, 1.82) is 0 Å². The second kappa shape index (κ2) is 5.57. The van der Waals surface area contributed by atoms with E-state index in [2.05, 4.69) is 9.88 Å². The van der Waals surface area contributed by atoms with Gasteiger partial charge in [-0.15, -0.1) is 0 Å². The molecule has 0 N–H and O–H groups in total. The van der Waals surface area contributed by atoms with Gasteiger partial charge in [0, 0.05) is 56.1 Å². The summed E-state index contributed by atoms with van der Waals surface area (Å²) in [5.41, 5.74) is 2.28. The maximum absolute atomic E-state index is 12.4. The zero-order valence-electron chi connectivity index (χ0n) is 12.4. The second-order valence-electron chi connectivity index (χ2n) is 6.11. The molecule has 4 rings (SSSR count). The number of hydrogen-bond acceptors (Lipinski definition) is 4. The Balaban J connectivity index is 1.47. The summed E-state index contributed by atoms with van der Waals surface area (Å²) in [6.07, 6.45) is 8.78. The van der Waals surface area contributed by atoms with Crippen molar-refractivity contribution in [3.8, 4) is 0 Å². The summed E-state index contributed by atoms with van der Waals surface area (Å²) < 4.78 is 5.15. The van der Waals surface area contributed by atoms with Crippen molar-refractivity contribution >= 4 is 5.91 Å². The molecule has 0 unspecified atom stereocenters. The lowest BCUT2D eigenvalue weighted by molar-refractivity contribution is -0.129. The van der Waals surface area contributed by atoms with Gasteiger partial charge in [-0.3, -0.25) is 14.7 Å². The van der Waals surface area contributed by atoms with Crippen LogP contribution in [0, 0.1) is 0 Å². The molecule has 5 heteroatoms. The quantitative estimate of drug-likeness (QED) is 0.866. The van der Waals surface area contributed by atoms with Crippen LogP contribution in [0.1, 0.15) is 24.0 Å². The van der Waals surface area contributed by atoms with Crippen molar-refractivity contribution in [3.05, 3.63) is 54.2 Å². The number of nitrogens with zero attached hydrogens (tertiary/aromatic N) is 3. The summed E-state index contributed by atoms with van der Waals surface area (Å²) in [4.78, 5) is 21.0. The Hall–Kier alpha value is -2.14. The van der Waals surface area contributed by atoms with Gasteiger partial charge in [0.05, 0.1) is 12.5 Å². The number of pyridine rings is 1. The number of furan rings is 1. The fourth-order valence-electron chi connectivity index (χ4n) is 3.72. The van der Waals surface area contributed by atoms with E-state index < -0.39 is 0 Å². The second-order valence-corrected chi connectivity index (χ2v) is 6.11. The number of carbonyl (C=O) groups excluding carboxylic acids is 1. The molecule has 0 radical (unpaired) electrons.